The number of rotatable bonds is 4. The molecular formula is C22H17BrN2O6. The maximum atomic E-state index is 13.5. The minimum Gasteiger partial charge on any atom is -0.450 e. The van der Waals surface area contributed by atoms with E-state index in [0.717, 1.165) is 17.3 Å². The zero-order valence-corrected chi connectivity index (χ0v) is 17.8. The Hall–Kier alpha value is -3.04. The summed E-state index contributed by atoms with van der Waals surface area (Å²) >= 11 is 3.37. The van der Waals surface area contributed by atoms with Crippen LogP contribution in [-0.4, -0.2) is 35.0 Å². The molecule has 158 valence electrons. The number of non-ortho nitro benzene ring substituents is 1. The number of carbonyl (C=O) groups is 1. The second kappa shape index (κ2) is 7.58. The molecule has 2 atom stereocenters. The van der Waals surface area contributed by atoms with Gasteiger partial charge in [0.1, 0.15) is 5.58 Å². The molecule has 0 saturated carbocycles. The van der Waals surface area contributed by atoms with Crippen LogP contribution in [0.1, 0.15) is 40.6 Å². The number of nitro benzene ring substituents is 1. The summed E-state index contributed by atoms with van der Waals surface area (Å²) in [5.41, 5.74) is 0.846. The molecule has 2 aliphatic heterocycles. The van der Waals surface area contributed by atoms with Crippen LogP contribution in [0.2, 0.25) is 0 Å². The second-order valence-corrected chi connectivity index (χ2v) is 8.57. The smallest absolute Gasteiger partial charge is 0.291 e. The van der Waals surface area contributed by atoms with Crippen LogP contribution < -0.4 is 5.43 Å². The standard InChI is InChI=1S/C22H17BrN2O6/c23-13-5-8-17-16(10-13)20(26)18-19(12-3-6-14(7-4-12)25(28)29)24(22(27)21(18)31-17)11-15-2-1-9-30-15/h3-8,10,15,19H,1-2,9,11H2/t15-,19+/m1/s1. The van der Waals surface area contributed by atoms with E-state index in [9.17, 15) is 19.7 Å². The van der Waals surface area contributed by atoms with E-state index >= 15 is 0 Å². The van der Waals surface area contributed by atoms with Gasteiger partial charge in [-0.3, -0.25) is 19.7 Å². The SMILES string of the molecule is O=C1c2oc3ccc(Br)cc3c(=O)c2[C@H](c2ccc([N+](=O)[O-])cc2)N1C[C@H]1CCCO1. The molecule has 0 bridgehead atoms. The summed E-state index contributed by atoms with van der Waals surface area (Å²) in [6.07, 6.45) is 1.61. The monoisotopic (exact) mass is 484 g/mol. The van der Waals surface area contributed by atoms with E-state index in [1.54, 1.807) is 35.2 Å². The number of ether oxygens (including phenoxy) is 1. The fraction of sp³-hybridized carbons (Fsp3) is 0.273. The number of hydrogen-bond donors (Lipinski definition) is 0. The molecule has 0 radical (unpaired) electrons. The minimum atomic E-state index is -0.702. The van der Waals surface area contributed by atoms with Crippen molar-refractivity contribution < 1.29 is 18.9 Å². The number of carbonyl (C=O) groups excluding carboxylic acids is 1. The van der Waals surface area contributed by atoms with Gasteiger partial charge >= 0.3 is 0 Å². The largest absolute Gasteiger partial charge is 0.450 e. The van der Waals surface area contributed by atoms with Crippen LogP contribution in [0.4, 0.5) is 5.69 Å². The molecule has 0 aliphatic carbocycles. The minimum absolute atomic E-state index is 0.0150. The third-order valence-corrected chi connectivity index (χ3v) is 6.26. The third kappa shape index (κ3) is 3.34. The van der Waals surface area contributed by atoms with Gasteiger partial charge in [0.2, 0.25) is 5.76 Å². The van der Waals surface area contributed by atoms with Crippen LogP contribution >= 0.6 is 15.9 Å². The van der Waals surface area contributed by atoms with Gasteiger partial charge in [0.15, 0.2) is 5.43 Å². The van der Waals surface area contributed by atoms with Crippen molar-refractivity contribution in [3.05, 3.63) is 84.2 Å². The summed E-state index contributed by atoms with van der Waals surface area (Å²) in [5, 5.41) is 11.4. The van der Waals surface area contributed by atoms with Crippen LogP contribution in [0.25, 0.3) is 11.0 Å². The zero-order chi connectivity index (χ0) is 21.7. The fourth-order valence-electron chi connectivity index (χ4n) is 4.31. The predicted molar refractivity (Wildman–Crippen MR) is 115 cm³/mol. The van der Waals surface area contributed by atoms with Crippen LogP contribution in [-0.2, 0) is 4.74 Å². The first-order chi connectivity index (χ1) is 14.9. The van der Waals surface area contributed by atoms with Gasteiger partial charge in [-0.15, -0.1) is 0 Å². The van der Waals surface area contributed by atoms with Crippen molar-refractivity contribution in [2.45, 2.75) is 25.0 Å². The lowest BCUT2D eigenvalue weighted by Crippen LogP contribution is -2.36. The number of halogens is 1. The lowest BCUT2D eigenvalue weighted by Gasteiger charge is -2.27. The highest BCUT2D eigenvalue weighted by Crippen LogP contribution is 2.39. The molecule has 0 unspecified atom stereocenters. The van der Waals surface area contributed by atoms with Gasteiger partial charge in [-0.2, -0.15) is 0 Å². The van der Waals surface area contributed by atoms with Gasteiger partial charge in [-0.25, -0.2) is 0 Å². The Kier molecular flexibility index (Phi) is 4.86. The highest BCUT2D eigenvalue weighted by molar-refractivity contribution is 9.10. The van der Waals surface area contributed by atoms with E-state index in [1.165, 1.54) is 12.1 Å². The molecule has 3 heterocycles. The Morgan fingerprint density at radius 2 is 1.94 bits per heavy atom. The van der Waals surface area contributed by atoms with Gasteiger partial charge in [0, 0.05) is 29.8 Å². The molecular weight excluding hydrogens is 468 g/mol. The van der Waals surface area contributed by atoms with E-state index in [1.807, 2.05) is 0 Å². The lowest BCUT2D eigenvalue weighted by atomic mass is 9.98. The van der Waals surface area contributed by atoms with Crippen LogP contribution in [0.5, 0.6) is 0 Å². The Morgan fingerprint density at radius 1 is 1.16 bits per heavy atom. The average molecular weight is 485 g/mol. The van der Waals surface area contributed by atoms with Gasteiger partial charge < -0.3 is 14.1 Å². The molecule has 2 aliphatic rings. The van der Waals surface area contributed by atoms with Crippen LogP contribution in [0.15, 0.2) is 56.1 Å². The first kappa shape index (κ1) is 19.9. The molecule has 9 heteroatoms. The molecule has 0 N–H and O–H groups in total. The number of benzene rings is 2. The normalized spacial score (nSPS) is 20.4. The van der Waals surface area contributed by atoms with Crippen molar-refractivity contribution in [1.29, 1.82) is 0 Å². The highest BCUT2D eigenvalue weighted by atomic mass is 79.9. The topological polar surface area (TPSA) is 103 Å². The van der Waals surface area contributed by atoms with Crippen molar-refractivity contribution >= 4 is 38.5 Å². The summed E-state index contributed by atoms with van der Waals surface area (Å²) in [6, 6.07) is 10.3. The van der Waals surface area contributed by atoms with Crippen molar-refractivity contribution in [2.24, 2.45) is 0 Å². The lowest BCUT2D eigenvalue weighted by molar-refractivity contribution is -0.384. The molecule has 5 rings (SSSR count). The molecule has 1 saturated heterocycles. The van der Waals surface area contributed by atoms with Gasteiger partial charge in [0.25, 0.3) is 11.6 Å². The van der Waals surface area contributed by atoms with Crippen LogP contribution in [0.3, 0.4) is 0 Å². The van der Waals surface area contributed by atoms with Gasteiger partial charge in [-0.05, 0) is 48.7 Å². The molecule has 1 aromatic heterocycles. The van der Waals surface area contributed by atoms with E-state index in [0.29, 0.717) is 29.7 Å². The third-order valence-electron chi connectivity index (χ3n) is 5.77. The van der Waals surface area contributed by atoms with E-state index in [2.05, 4.69) is 15.9 Å². The Labute approximate surface area is 184 Å². The number of amides is 1. The summed E-state index contributed by atoms with van der Waals surface area (Å²) in [7, 11) is 0. The van der Waals surface area contributed by atoms with Crippen molar-refractivity contribution in [3.63, 3.8) is 0 Å². The first-order valence-corrected chi connectivity index (χ1v) is 10.7. The molecule has 1 amide bonds. The Morgan fingerprint density at radius 3 is 2.61 bits per heavy atom. The summed E-state index contributed by atoms with van der Waals surface area (Å²) in [5.74, 6) is -0.364. The quantitative estimate of drug-likeness (QED) is 0.406. The summed E-state index contributed by atoms with van der Waals surface area (Å²) < 4.78 is 12.3. The molecule has 0 spiro atoms. The van der Waals surface area contributed by atoms with Crippen molar-refractivity contribution in [1.82, 2.24) is 4.90 Å². The van der Waals surface area contributed by atoms with Crippen molar-refractivity contribution in [3.8, 4) is 0 Å². The number of fused-ring (bicyclic) bond motifs is 2. The second-order valence-electron chi connectivity index (χ2n) is 7.66. The average Bonchev–Trinajstić information content (AvgIpc) is 3.36. The summed E-state index contributed by atoms with van der Waals surface area (Å²) in [4.78, 5) is 39.0. The van der Waals surface area contributed by atoms with Gasteiger partial charge in [0.05, 0.1) is 28.0 Å². The fourth-order valence-corrected chi connectivity index (χ4v) is 4.67. The predicted octanol–water partition coefficient (Wildman–Crippen LogP) is 4.19. The van der Waals surface area contributed by atoms with Crippen LogP contribution in [0, 0.1) is 10.1 Å². The van der Waals surface area contributed by atoms with E-state index in [-0.39, 0.29) is 34.5 Å². The number of nitro groups is 1. The maximum absolute atomic E-state index is 13.5. The molecule has 3 aromatic rings. The number of hydrogen-bond acceptors (Lipinski definition) is 6. The molecule has 1 fully saturated rings. The first-order valence-electron chi connectivity index (χ1n) is 9.87. The van der Waals surface area contributed by atoms with E-state index in [4.69, 9.17) is 9.15 Å². The van der Waals surface area contributed by atoms with Crippen molar-refractivity contribution in [2.75, 3.05) is 13.2 Å². The maximum Gasteiger partial charge on any atom is 0.291 e. The Bertz CT molecular complexity index is 1260. The Balaban J connectivity index is 1.69. The number of nitrogens with zero attached hydrogens (tertiary/aromatic N) is 2. The molecule has 8 nitrogen and oxygen atoms in total. The van der Waals surface area contributed by atoms with E-state index < -0.39 is 11.0 Å². The van der Waals surface area contributed by atoms with Gasteiger partial charge in [-0.1, -0.05) is 15.9 Å². The summed E-state index contributed by atoms with van der Waals surface area (Å²) in [6.45, 7) is 0.946. The molecule has 31 heavy (non-hydrogen) atoms. The molecule has 2 aromatic carbocycles. The zero-order valence-electron chi connectivity index (χ0n) is 16.2. The highest BCUT2D eigenvalue weighted by Gasteiger charge is 2.44.